The summed E-state index contributed by atoms with van der Waals surface area (Å²) in [5, 5.41) is 0. The Labute approximate surface area is 619 Å². The van der Waals surface area contributed by atoms with Crippen LogP contribution in [0.3, 0.4) is 0 Å². The Morgan fingerprint density at radius 1 is 0.380 bits per heavy atom. The third-order valence-electron chi connectivity index (χ3n) is 16.2. The first-order chi connectivity index (χ1) is 51.7. The largest absolute Gasteiger partial charge is 0.456 e. The molecule has 6 aromatic rings. The van der Waals surface area contributed by atoms with Crippen molar-refractivity contribution < 1.29 is 92.3 Å². The van der Waals surface area contributed by atoms with Gasteiger partial charge in [0.1, 0.15) is 71.3 Å². The molecule has 33 heteroatoms. The first-order valence-corrected chi connectivity index (χ1v) is 33.9. The fourth-order valence-corrected chi connectivity index (χ4v) is 10.5. The van der Waals surface area contributed by atoms with Crippen molar-refractivity contribution in [2.24, 2.45) is 0 Å². The van der Waals surface area contributed by atoms with Crippen molar-refractivity contribution in [2.45, 2.75) is 93.7 Å². The smallest absolute Gasteiger partial charge is 0.333 e. The van der Waals surface area contributed by atoms with E-state index in [-0.39, 0.29) is 102 Å². The summed E-state index contributed by atoms with van der Waals surface area (Å²) in [7, 11) is 1.82. The SMILES string of the molecule is Cc1ccc(CN(CC(F)F)C2=CC(=O)OC2)cn1.Cc1ccc(CN(CC(F)F)C2=CC(=O)OC2)cn1.Cc1ccc(CN(CCF)C2=CC(=O)OC2)cn1.Cc1ccc(CN(CCF)C2=CC(=O)OC2)cn1.Cc1ncc(CN(C)C2=CC(=O)OC2)cc1F.Cc1ncc(CN(CCF)C2=CC(=O)OC2)[nH]1. The molecule has 0 saturated heterocycles. The monoisotopic (exact) mass is 1510 g/mol. The highest BCUT2D eigenvalue weighted by Crippen LogP contribution is 2.23. The number of carbonyl (C=O) groups is 6. The third kappa shape index (κ3) is 28.7. The molecule has 0 aliphatic carbocycles. The van der Waals surface area contributed by atoms with Crippen LogP contribution in [-0.4, -0.2) is 212 Å². The van der Waals surface area contributed by atoms with Crippen molar-refractivity contribution in [1.82, 2.24) is 64.3 Å². The Bertz CT molecular complexity index is 4000. The standard InChI is InChI=1S/2C13H14F2N2O2.2C13H15FN2O2.C12H13FN2O2.C11H14FN3O2/c2*1-9-2-3-10(5-16-9)6-17(7-12(14)15)11-4-13(18)19-8-11;2*1-10-2-3-11(7-15-10)8-16(5-4-14)12-6-13(17)18-9-12;1-8-11(13)3-9(5-14-8)6-15(2)10-4-12(16)17-7-10;1-8-13-5-9(14-8)6-15(3-2-12)10-4-11(16)17-7-10/h2*2-5,12H,6-8H2,1H3;2*2-3,6-7H,4-5,8-9H2,1H3;3-5H,6-7H2,1-2H3;4-5H,2-3,6-7H2,1H3,(H,13,14). The minimum atomic E-state index is -2.48. The van der Waals surface area contributed by atoms with Gasteiger partial charge in [0, 0.05) is 150 Å². The van der Waals surface area contributed by atoms with Crippen LogP contribution in [0.5, 0.6) is 0 Å². The van der Waals surface area contributed by atoms with E-state index in [1.54, 1.807) is 58.8 Å². The molecule has 0 spiro atoms. The second kappa shape index (κ2) is 42.6. The lowest BCUT2D eigenvalue weighted by Crippen LogP contribution is -2.28. The Morgan fingerprint density at radius 2 is 0.676 bits per heavy atom. The lowest BCUT2D eigenvalue weighted by molar-refractivity contribution is -0.136. The maximum absolute atomic E-state index is 13.3. The van der Waals surface area contributed by atoms with Crippen LogP contribution in [0.2, 0.25) is 0 Å². The molecule has 6 aliphatic heterocycles. The summed E-state index contributed by atoms with van der Waals surface area (Å²) < 4.78 is 130. The number of aromatic amines is 1. The lowest BCUT2D eigenvalue weighted by atomic mass is 10.2. The van der Waals surface area contributed by atoms with Gasteiger partial charge < -0.3 is 62.8 Å². The van der Waals surface area contributed by atoms with Gasteiger partial charge in [-0.2, -0.15) is 0 Å². The normalized spacial score (nSPS) is 14.5. The highest BCUT2D eigenvalue weighted by Gasteiger charge is 2.26. The molecule has 25 nitrogen and oxygen atoms in total. The Hall–Kier alpha value is -11.5. The van der Waals surface area contributed by atoms with Gasteiger partial charge in [-0.25, -0.2) is 68.9 Å². The van der Waals surface area contributed by atoms with Crippen LogP contribution in [0, 0.1) is 47.4 Å². The number of nitrogens with one attached hydrogen (secondary N) is 1. The molecule has 0 unspecified atom stereocenters. The predicted molar refractivity (Wildman–Crippen MR) is 376 cm³/mol. The molecule has 12 rings (SSSR count). The number of alkyl halides is 7. The quantitative estimate of drug-likeness (QED) is 0.0272. The average molecular weight is 1510 g/mol. The van der Waals surface area contributed by atoms with Gasteiger partial charge in [0.05, 0.1) is 71.4 Å². The fourth-order valence-electron chi connectivity index (χ4n) is 10.5. The van der Waals surface area contributed by atoms with Gasteiger partial charge in [0.25, 0.3) is 12.9 Å². The first kappa shape index (κ1) is 83.7. The number of aryl methyl sites for hydroxylation is 6. The van der Waals surface area contributed by atoms with Crippen molar-refractivity contribution in [1.29, 1.82) is 0 Å². The molecule has 578 valence electrons. The number of H-pyrrole nitrogens is 1. The molecule has 0 bridgehead atoms. The van der Waals surface area contributed by atoms with Gasteiger partial charge in [0.15, 0.2) is 0 Å². The van der Waals surface area contributed by atoms with Crippen LogP contribution in [-0.2, 0) is 96.5 Å². The molecular weight excluding hydrogens is 1430 g/mol. The van der Waals surface area contributed by atoms with Gasteiger partial charge in [0.2, 0.25) is 0 Å². The predicted octanol–water partition coefficient (Wildman–Crippen LogP) is 9.33. The maximum atomic E-state index is 13.3. The Morgan fingerprint density at radius 3 is 0.935 bits per heavy atom. The Balaban J connectivity index is 0.000000181. The van der Waals surface area contributed by atoms with E-state index in [0.29, 0.717) is 49.0 Å². The van der Waals surface area contributed by atoms with Crippen LogP contribution in [0.1, 0.15) is 67.8 Å². The lowest BCUT2D eigenvalue weighted by Gasteiger charge is -2.24. The van der Waals surface area contributed by atoms with Crippen LogP contribution in [0.25, 0.3) is 0 Å². The van der Waals surface area contributed by atoms with E-state index in [9.17, 15) is 63.9 Å². The number of hydrogen-bond donors (Lipinski definition) is 1. The van der Waals surface area contributed by atoms with E-state index < -0.39 is 57.9 Å². The highest BCUT2D eigenvalue weighted by atomic mass is 19.3. The number of esters is 6. The van der Waals surface area contributed by atoms with Gasteiger partial charge in [-0.15, -0.1) is 0 Å². The zero-order valence-corrected chi connectivity index (χ0v) is 60.7. The van der Waals surface area contributed by atoms with E-state index in [4.69, 9.17) is 28.4 Å². The van der Waals surface area contributed by atoms with E-state index in [0.717, 1.165) is 79.2 Å². The summed E-state index contributed by atoms with van der Waals surface area (Å²) in [5.41, 5.74) is 13.1. The van der Waals surface area contributed by atoms with E-state index >= 15 is 0 Å². The van der Waals surface area contributed by atoms with Gasteiger partial charge in [-0.1, -0.05) is 24.3 Å². The molecule has 0 saturated carbocycles. The number of hydrogen-bond acceptors (Lipinski definition) is 24. The molecule has 12 heterocycles. The molecular formula is C75H85F8N13O12. The van der Waals surface area contributed by atoms with Gasteiger partial charge >= 0.3 is 35.8 Å². The number of aromatic nitrogens is 7. The van der Waals surface area contributed by atoms with Crippen LogP contribution < -0.4 is 0 Å². The second-order valence-corrected chi connectivity index (χ2v) is 24.8. The van der Waals surface area contributed by atoms with E-state index in [1.165, 1.54) is 52.3 Å². The molecule has 0 aromatic carbocycles. The molecule has 6 aromatic heterocycles. The molecule has 0 radical (unpaired) electrons. The number of pyridine rings is 5. The number of likely N-dealkylation sites (N-methyl/N-ethyl adjacent to an activating group) is 1. The number of cyclic esters (lactones) is 6. The van der Waals surface area contributed by atoms with Crippen LogP contribution >= 0.6 is 0 Å². The van der Waals surface area contributed by atoms with Gasteiger partial charge in [-0.3, -0.25) is 24.9 Å². The van der Waals surface area contributed by atoms with Crippen LogP contribution in [0.15, 0.2) is 162 Å². The molecule has 0 fully saturated rings. The second-order valence-electron chi connectivity index (χ2n) is 24.8. The van der Waals surface area contributed by atoms with Gasteiger partial charge in [-0.05, 0) is 99.7 Å². The average Bonchev–Trinajstić information content (AvgIpc) is 1.66. The molecule has 1 N–H and O–H groups in total. The van der Waals surface area contributed by atoms with E-state index in [1.807, 2.05) is 95.1 Å². The summed E-state index contributed by atoms with van der Waals surface area (Å²) in [6.45, 7) is 13.1. The van der Waals surface area contributed by atoms with Crippen molar-refractivity contribution in [2.75, 3.05) is 99.4 Å². The minimum absolute atomic E-state index is 0.0465. The zero-order valence-electron chi connectivity index (χ0n) is 60.7. The van der Waals surface area contributed by atoms with Crippen molar-refractivity contribution in [3.05, 3.63) is 236 Å². The number of halogens is 8. The maximum Gasteiger partial charge on any atom is 0.333 e. The fraction of sp³-hybridized carbons (Fsp3) is 0.387. The third-order valence-corrected chi connectivity index (χ3v) is 16.2. The number of rotatable bonds is 28. The minimum Gasteiger partial charge on any atom is -0.456 e. The van der Waals surface area contributed by atoms with Crippen molar-refractivity contribution in [3.63, 3.8) is 0 Å². The number of nitrogens with zero attached hydrogens (tertiary/aromatic N) is 12. The molecule has 6 aliphatic rings. The summed E-state index contributed by atoms with van der Waals surface area (Å²) in [4.78, 5) is 104. The van der Waals surface area contributed by atoms with Crippen molar-refractivity contribution >= 4 is 35.8 Å². The molecule has 108 heavy (non-hydrogen) atoms. The zero-order chi connectivity index (χ0) is 78.2. The van der Waals surface area contributed by atoms with E-state index in [2.05, 4.69) is 34.9 Å². The highest BCUT2D eigenvalue weighted by molar-refractivity contribution is 5.87. The summed E-state index contributed by atoms with van der Waals surface area (Å²) in [5.74, 6) is -1.92. The number of carbonyl (C=O) groups excluding carboxylic acids is 6. The first-order valence-electron chi connectivity index (χ1n) is 33.9. The topological polar surface area (TPSA) is 270 Å². The summed E-state index contributed by atoms with van der Waals surface area (Å²) >= 11 is 0. The number of imidazole rings is 1. The number of ether oxygens (including phenoxy) is 6. The molecule has 0 atom stereocenters. The summed E-state index contributed by atoms with van der Waals surface area (Å²) in [6, 6.07) is 16.5. The van der Waals surface area contributed by atoms with Crippen LogP contribution in [0.4, 0.5) is 35.1 Å². The van der Waals surface area contributed by atoms with Crippen molar-refractivity contribution in [3.8, 4) is 0 Å². The molecule has 0 amide bonds. The summed E-state index contributed by atoms with van der Waals surface area (Å²) in [6.07, 6.45) is 13.4. The Kier molecular flexibility index (Phi) is 33.0.